The third kappa shape index (κ3) is 5.41. The van der Waals surface area contributed by atoms with Crippen molar-refractivity contribution in [2.45, 2.75) is 70.4 Å². The van der Waals surface area contributed by atoms with Gasteiger partial charge < -0.3 is 19.3 Å². The highest BCUT2D eigenvalue weighted by Gasteiger charge is 2.36. The first-order chi connectivity index (χ1) is 19.8. The molecule has 6 rings (SSSR count). The van der Waals surface area contributed by atoms with E-state index in [1.54, 1.807) is 18.0 Å². The quantitative estimate of drug-likeness (QED) is 0.306. The standard InChI is InChI=1S/C32H39N5O4/c1-6-40-30(38)16-24(22-14-26-31(29(15-22)39-5)36(4)35-34-26)21-8-7-20-9-10-27(25(20)13-21)37-18-23-17-33-12-11-28(23)41-32(2,3)19-37/h7-8,11-15,17,24,27,30,38H,6,9-10,16,18-19H2,1-5H3. The van der Waals surface area contributed by atoms with Crippen molar-refractivity contribution in [1.29, 1.82) is 0 Å². The summed E-state index contributed by atoms with van der Waals surface area (Å²) in [5.41, 5.74) is 7.24. The maximum Gasteiger partial charge on any atom is 0.155 e. The van der Waals surface area contributed by atoms with Gasteiger partial charge >= 0.3 is 0 Å². The summed E-state index contributed by atoms with van der Waals surface area (Å²) in [6.45, 7) is 8.24. The highest BCUT2D eigenvalue weighted by atomic mass is 16.6. The molecule has 1 N–H and O–H groups in total. The van der Waals surface area contributed by atoms with Gasteiger partial charge in [0.25, 0.3) is 0 Å². The molecular formula is C32H39N5O4. The van der Waals surface area contributed by atoms with Gasteiger partial charge in [0, 0.05) is 63.1 Å². The minimum absolute atomic E-state index is 0.128. The van der Waals surface area contributed by atoms with Crippen molar-refractivity contribution in [3.8, 4) is 11.5 Å². The molecule has 0 saturated heterocycles. The lowest BCUT2D eigenvalue weighted by Gasteiger charge is -2.34. The first kappa shape index (κ1) is 27.6. The van der Waals surface area contributed by atoms with Gasteiger partial charge in [-0.3, -0.25) is 9.88 Å². The monoisotopic (exact) mass is 557 g/mol. The average Bonchev–Trinajstić information content (AvgIpc) is 3.51. The number of fused-ring (bicyclic) bond motifs is 3. The zero-order chi connectivity index (χ0) is 28.7. The fourth-order valence-electron chi connectivity index (χ4n) is 6.60. The lowest BCUT2D eigenvalue weighted by atomic mass is 9.86. The molecule has 2 aliphatic rings. The molecule has 1 aliphatic carbocycles. The third-order valence-corrected chi connectivity index (χ3v) is 8.37. The molecule has 4 aromatic rings. The number of nitrogens with zero attached hydrogens (tertiary/aromatic N) is 5. The fourth-order valence-corrected chi connectivity index (χ4v) is 6.60. The Bertz CT molecular complexity index is 1550. The van der Waals surface area contributed by atoms with Crippen LogP contribution in [0, 0.1) is 0 Å². The number of aryl methyl sites for hydroxylation is 2. The SMILES string of the molecule is CCOC(O)CC(c1ccc2c(c1)C(N1Cc3cnccc3OC(C)(C)C1)CC2)c1cc(OC)c2c(c1)nnn2C. The number of hydrogen-bond donors (Lipinski definition) is 1. The van der Waals surface area contributed by atoms with Crippen molar-refractivity contribution >= 4 is 11.0 Å². The number of rotatable bonds is 8. The second kappa shape index (κ2) is 11.0. The van der Waals surface area contributed by atoms with Crippen LogP contribution in [-0.2, 0) is 24.8 Å². The van der Waals surface area contributed by atoms with Crippen LogP contribution in [-0.4, -0.2) is 62.1 Å². The van der Waals surface area contributed by atoms with Gasteiger partial charge in [0.2, 0.25) is 0 Å². The van der Waals surface area contributed by atoms with Crippen molar-refractivity contribution in [3.05, 3.63) is 76.6 Å². The van der Waals surface area contributed by atoms with Gasteiger partial charge in [-0.2, -0.15) is 0 Å². The van der Waals surface area contributed by atoms with E-state index < -0.39 is 6.29 Å². The van der Waals surface area contributed by atoms with E-state index in [2.05, 4.69) is 58.3 Å². The van der Waals surface area contributed by atoms with Crippen molar-refractivity contribution < 1.29 is 19.3 Å². The summed E-state index contributed by atoms with van der Waals surface area (Å²) < 4.78 is 19.5. The van der Waals surface area contributed by atoms with Gasteiger partial charge in [0.1, 0.15) is 28.1 Å². The highest BCUT2D eigenvalue weighted by Crippen LogP contribution is 2.43. The van der Waals surface area contributed by atoms with E-state index in [0.717, 1.165) is 59.4 Å². The molecule has 0 amide bonds. The Balaban J connectivity index is 1.40. The van der Waals surface area contributed by atoms with Crippen LogP contribution in [0.5, 0.6) is 11.5 Å². The summed E-state index contributed by atoms with van der Waals surface area (Å²) in [5.74, 6) is 1.49. The zero-order valence-corrected chi connectivity index (χ0v) is 24.5. The van der Waals surface area contributed by atoms with Crippen LogP contribution in [0.4, 0.5) is 0 Å². The van der Waals surface area contributed by atoms with Crippen LogP contribution in [0.25, 0.3) is 11.0 Å². The van der Waals surface area contributed by atoms with E-state index >= 15 is 0 Å². The number of aromatic nitrogens is 4. The lowest BCUT2D eigenvalue weighted by Crippen LogP contribution is -2.41. The Labute approximate surface area is 241 Å². The molecule has 0 fully saturated rings. The summed E-state index contributed by atoms with van der Waals surface area (Å²) in [7, 11) is 3.52. The molecule has 0 bridgehead atoms. The third-order valence-electron chi connectivity index (χ3n) is 8.37. The van der Waals surface area contributed by atoms with E-state index in [-0.39, 0.29) is 17.6 Å². The molecule has 41 heavy (non-hydrogen) atoms. The largest absolute Gasteiger partial charge is 0.494 e. The van der Waals surface area contributed by atoms with Crippen molar-refractivity contribution in [2.24, 2.45) is 7.05 Å². The molecule has 3 unspecified atom stereocenters. The molecule has 216 valence electrons. The number of hydrogen-bond acceptors (Lipinski definition) is 8. The van der Waals surface area contributed by atoms with Crippen LogP contribution in [0.3, 0.4) is 0 Å². The Kier molecular flexibility index (Phi) is 7.44. The molecule has 2 aromatic carbocycles. The number of pyridine rings is 1. The van der Waals surface area contributed by atoms with Crippen LogP contribution >= 0.6 is 0 Å². The second-order valence-electron chi connectivity index (χ2n) is 11.8. The molecule has 1 aliphatic heterocycles. The average molecular weight is 558 g/mol. The molecule has 2 aromatic heterocycles. The van der Waals surface area contributed by atoms with Crippen molar-refractivity contribution in [2.75, 3.05) is 20.3 Å². The normalized spacial score (nSPS) is 19.7. The molecule has 0 radical (unpaired) electrons. The van der Waals surface area contributed by atoms with E-state index in [4.69, 9.17) is 14.2 Å². The van der Waals surface area contributed by atoms with Gasteiger partial charge in [-0.05, 0) is 74.1 Å². The van der Waals surface area contributed by atoms with E-state index in [0.29, 0.717) is 18.8 Å². The maximum atomic E-state index is 10.8. The summed E-state index contributed by atoms with van der Waals surface area (Å²) in [6, 6.07) is 13.1. The van der Waals surface area contributed by atoms with Crippen LogP contribution in [0.15, 0.2) is 48.8 Å². The smallest absolute Gasteiger partial charge is 0.155 e. The Morgan fingerprint density at radius 2 is 2.00 bits per heavy atom. The molecule has 3 heterocycles. The number of aliphatic hydroxyl groups is 1. The minimum atomic E-state index is -0.898. The molecule has 0 spiro atoms. The van der Waals surface area contributed by atoms with Crippen LogP contribution < -0.4 is 9.47 Å². The summed E-state index contributed by atoms with van der Waals surface area (Å²) >= 11 is 0. The van der Waals surface area contributed by atoms with E-state index in [9.17, 15) is 5.11 Å². The predicted octanol–water partition coefficient (Wildman–Crippen LogP) is 4.91. The second-order valence-corrected chi connectivity index (χ2v) is 11.8. The van der Waals surface area contributed by atoms with Gasteiger partial charge in [0.05, 0.1) is 7.11 Å². The number of aliphatic hydroxyl groups excluding tert-OH is 1. The number of benzene rings is 2. The van der Waals surface area contributed by atoms with Crippen LogP contribution in [0.1, 0.15) is 73.4 Å². The van der Waals surface area contributed by atoms with Gasteiger partial charge in [0.15, 0.2) is 6.29 Å². The Morgan fingerprint density at radius 1 is 1.15 bits per heavy atom. The molecular weight excluding hydrogens is 518 g/mol. The fraction of sp³-hybridized carbons (Fsp3) is 0.469. The highest BCUT2D eigenvalue weighted by molar-refractivity contribution is 5.82. The molecule has 9 heteroatoms. The summed E-state index contributed by atoms with van der Waals surface area (Å²) in [6.07, 6.45) is 5.32. The summed E-state index contributed by atoms with van der Waals surface area (Å²) in [4.78, 5) is 6.92. The van der Waals surface area contributed by atoms with Gasteiger partial charge in [-0.25, -0.2) is 4.68 Å². The first-order valence-electron chi connectivity index (χ1n) is 14.4. The summed E-state index contributed by atoms with van der Waals surface area (Å²) in [5, 5.41) is 19.4. The zero-order valence-electron chi connectivity index (χ0n) is 24.5. The first-order valence-corrected chi connectivity index (χ1v) is 14.4. The molecule has 0 saturated carbocycles. The minimum Gasteiger partial charge on any atom is -0.494 e. The van der Waals surface area contributed by atoms with Gasteiger partial charge in [-0.15, -0.1) is 5.10 Å². The Hall–Kier alpha value is -3.53. The predicted molar refractivity (Wildman–Crippen MR) is 156 cm³/mol. The lowest BCUT2D eigenvalue weighted by molar-refractivity contribution is -0.100. The molecule has 9 nitrogen and oxygen atoms in total. The number of ether oxygens (including phenoxy) is 3. The Morgan fingerprint density at radius 3 is 2.80 bits per heavy atom. The van der Waals surface area contributed by atoms with Crippen molar-refractivity contribution in [3.63, 3.8) is 0 Å². The molecule has 3 atom stereocenters. The van der Waals surface area contributed by atoms with E-state index in [1.165, 1.54) is 11.1 Å². The van der Waals surface area contributed by atoms with E-state index in [1.807, 2.05) is 32.3 Å². The topological polar surface area (TPSA) is 94.8 Å². The maximum absolute atomic E-state index is 10.8. The van der Waals surface area contributed by atoms with Gasteiger partial charge in [-0.1, -0.05) is 23.4 Å². The number of methoxy groups -OCH3 is 1. The van der Waals surface area contributed by atoms with Crippen LogP contribution in [0.2, 0.25) is 0 Å². The van der Waals surface area contributed by atoms with Crippen molar-refractivity contribution in [1.82, 2.24) is 24.9 Å².